The van der Waals surface area contributed by atoms with Crippen LogP contribution in [-0.4, -0.2) is 16.8 Å². The molecule has 1 aromatic heterocycles. The molecule has 3 rings (SSSR count). The van der Waals surface area contributed by atoms with E-state index in [-0.39, 0.29) is 29.2 Å². The number of aryl methyl sites for hydroxylation is 1. The van der Waals surface area contributed by atoms with Gasteiger partial charge in [0.15, 0.2) is 5.69 Å². The molecule has 0 spiro atoms. The molecule has 7 nitrogen and oxygen atoms in total. The van der Waals surface area contributed by atoms with Crippen LogP contribution in [0.1, 0.15) is 16.7 Å². The minimum Gasteiger partial charge on any atom is -0.497 e. The molecule has 1 N–H and O–H groups in total. The lowest BCUT2D eigenvalue weighted by atomic mass is 10.1. The Bertz CT molecular complexity index is 1150. The fraction of sp³-hybridized carbons (Fsp3) is 0.182. The molecule has 0 radical (unpaired) electrons. The summed E-state index contributed by atoms with van der Waals surface area (Å²) < 4.78 is 6.32. The monoisotopic (exact) mass is 388 g/mol. The first-order valence-corrected chi connectivity index (χ1v) is 9.01. The van der Waals surface area contributed by atoms with E-state index in [0.29, 0.717) is 17.9 Å². The van der Waals surface area contributed by atoms with E-state index in [0.717, 1.165) is 5.56 Å². The van der Waals surface area contributed by atoms with Crippen LogP contribution < -0.4 is 10.3 Å². The average molecular weight is 388 g/mol. The van der Waals surface area contributed by atoms with Crippen molar-refractivity contribution < 1.29 is 9.84 Å². The van der Waals surface area contributed by atoms with E-state index >= 15 is 0 Å². The first-order chi connectivity index (χ1) is 14.0. The predicted octanol–water partition coefficient (Wildman–Crippen LogP) is 4.40. The van der Waals surface area contributed by atoms with Gasteiger partial charge in [0.2, 0.25) is 5.88 Å². The van der Waals surface area contributed by atoms with E-state index in [1.54, 1.807) is 38.3 Å². The number of aromatic hydroxyl groups is 1. The van der Waals surface area contributed by atoms with Crippen molar-refractivity contribution in [1.82, 2.24) is 4.57 Å². The SMILES string of the molecule is COc1cccc(N=Nc2c(C)c(C#N)c(O)n(CCc3ccccc3)c2=O)c1. The number of methoxy groups -OCH3 is 1. The Morgan fingerprint density at radius 1 is 1.14 bits per heavy atom. The molecule has 29 heavy (non-hydrogen) atoms. The minimum absolute atomic E-state index is 0.0113. The smallest absolute Gasteiger partial charge is 0.281 e. The molecule has 0 atom stereocenters. The number of ether oxygens (including phenoxy) is 1. The van der Waals surface area contributed by atoms with Gasteiger partial charge in [-0.15, -0.1) is 5.11 Å². The third-order valence-electron chi connectivity index (χ3n) is 4.55. The molecule has 0 bridgehead atoms. The summed E-state index contributed by atoms with van der Waals surface area (Å²) in [6, 6.07) is 18.5. The van der Waals surface area contributed by atoms with Crippen LogP contribution >= 0.6 is 0 Å². The predicted molar refractivity (Wildman–Crippen MR) is 109 cm³/mol. The number of azo groups is 1. The highest BCUT2D eigenvalue weighted by atomic mass is 16.5. The van der Waals surface area contributed by atoms with Crippen LogP contribution in [0.2, 0.25) is 0 Å². The number of pyridine rings is 1. The van der Waals surface area contributed by atoms with Gasteiger partial charge in [-0.25, -0.2) is 0 Å². The zero-order valence-electron chi connectivity index (χ0n) is 16.2. The lowest BCUT2D eigenvalue weighted by Gasteiger charge is -2.13. The Hall–Kier alpha value is -3.92. The van der Waals surface area contributed by atoms with E-state index < -0.39 is 5.56 Å². The number of aromatic nitrogens is 1. The summed E-state index contributed by atoms with van der Waals surface area (Å²) in [6.07, 6.45) is 0.523. The van der Waals surface area contributed by atoms with Crippen LogP contribution in [0.3, 0.4) is 0 Å². The molecule has 0 aliphatic rings. The molecule has 0 aliphatic carbocycles. The maximum Gasteiger partial charge on any atom is 0.281 e. The Balaban J connectivity index is 2.01. The number of benzene rings is 2. The number of nitriles is 1. The normalized spacial score (nSPS) is 10.8. The van der Waals surface area contributed by atoms with Crippen molar-refractivity contribution in [3.8, 4) is 17.7 Å². The summed E-state index contributed by atoms with van der Waals surface area (Å²) in [7, 11) is 1.55. The van der Waals surface area contributed by atoms with Gasteiger partial charge in [-0.1, -0.05) is 36.4 Å². The van der Waals surface area contributed by atoms with Crippen LogP contribution in [0, 0.1) is 18.3 Å². The van der Waals surface area contributed by atoms with Crippen molar-refractivity contribution in [2.45, 2.75) is 19.9 Å². The van der Waals surface area contributed by atoms with Crippen molar-refractivity contribution in [3.05, 3.63) is 81.6 Å². The highest BCUT2D eigenvalue weighted by Gasteiger charge is 2.19. The second-order valence-electron chi connectivity index (χ2n) is 6.38. The third-order valence-corrected chi connectivity index (χ3v) is 4.55. The zero-order valence-corrected chi connectivity index (χ0v) is 16.2. The molecule has 0 saturated carbocycles. The molecule has 0 amide bonds. The molecule has 0 fully saturated rings. The van der Waals surface area contributed by atoms with Crippen molar-refractivity contribution >= 4 is 11.4 Å². The Morgan fingerprint density at radius 3 is 2.59 bits per heavy atom. The van der Waals surface area contributed by atoms with Gasteiger partial charge in [0.1, 0.15) is 17.4 Å². The van der Waals surface area contributed by atoms with Crippen molar-refractivity contribution in [2.24, 2.45) is 10.2 Å². The summed E-state index contributed by atoms with van der Waals surface area (Å²) in [5.74, 6) is 0.258. The molecule has 7 heteroatoms. The van der Waals surface area contributed by atoms with E-state index in [9.17, 15) is 15.2 Å². The van der Waals surface area contributed by atoms with Gasteiger partial charge < -0.3 is 9.84 Å². The fourth-order valence-electron chi connectivity index (χ4n) is 2.93. The first kappa shape index (κ1) is 19.8. The second kappa shape index (κ2) is 8.85. The van der Waals surface area contributed by atoms with Crippen molar-refractivity contribution in [2.75, 3.05) is 7.11 Å². The van der Waals surface area contributed by atoms with Gasteiger partial charge in [-0.2, -0.15) is 10.4 Å². The summed E-state index contributed by atoms with van der Waals surface area (Å²) in [6.45, 7) is 1.78. The molecular formula is C22H20N4O3. The van der Waals surface area contributed by atoms with E-state index in [2.05, 4.69) is 10.2 Å². The van der Waals surface area contributed by atoms with Gasteiger partial charge in [0, 0.05) is 18.2 Å². The number of rotatable bonds is 6. The lowest BCUT2D eigenvalue weighted by Crippen LogP contribution is -2.22. The largest absolute Gasteiger partial charge is 0.497 e. The van der Waals surface area contributed by atoms with Gasteiger partial charge in [0.05, 0.1) is 12.8 Å². The molecule has 0 aliphatic heterocycles. The fourth-order valence-corrected chi connectivity index (χ4v) is 2.93. The van der Waals surface area contributed by atoms with Crippen LogP contribution in [0.25, 0.3) is 0 Å². The van der Waals surface area contributed by atoms with Crippen LogP contribution in [-0.2, 0) is 13.0 Å². The molecule has 3 aromatic rings. The molecule has 0 saturated heterocycles. The maximum atomic E-state index is 13.0. The van der Waals surface area contributed by atoms with E-state index in [1.807, 2.05) is 36.4 Å². The first-order valence-electron chi connectivity index (χ1n) is 9.01. The topological polar surface area (TPSA) is 100.0 Å². The van der Waals surface area contributed by atoms with Gasteiger partial charge >= 0.3 is 0 Å². The van der Waals surface area contributed by atoms with E-state index in [1.165, 1.54) is 4.57 Å². The molecule has 2 aromatic carbocycles. The summed E-state index contributed by atoms with van der Waals surface area (Å²) in [4.78, 5) is 13.0. The summed E-state index contributed by atoms with van der Waals surface area (Å²) in [5, 5.41) is 28.1. The standard InChI is InChI=1S/C22H20N4O3/c1-15-19(14-23)21(27)26(12-11-16-7-4-3-5-8-16)22(28)20(15)25-24-17-9-6-10-18(13-17)29-2/h3-10,13,27H,11-12H2,1-2H3. The van der Waals surface area contributed by atoms with Gasteiger partial charge in [-0.05, 0) is 31.0 Å². The van der Waals surface area contributed by atoms with Crippen LogP contribution in [0.5, 0.6) is 11.6 Å². The third kappa shape index (κ3) is 4.33. The lowest BCUT2D eigenvalue weighted by molar-refractivity contribution is 0.404. The highest BCUT2D eigenvalue weighted by molar-refractivity contribution is 5.57. The van der Waals surface area contributed by atoms with Crippen LogP contribution in [0.15, 0.2) is 69.6 Å². The number of hydrogen-bond acceptors (Lipinski definition) is 6. The molecule has 0 unspecified atom stereocenters. The molecule has 146 valence electrons. The summed E-state index contributed by atoms with van der Waals surface area (Å²) in [5.41, 5.74) is 1.34. The number of hydrogen-bond donors (Lipinski definition) is 1. The second-order valence-corrected chi connectivity index (χ2v) is 6.38. The quantitative estimate of drug-likeness (QED) is 0.633. The minimum atomic E-state index is -0.499. The molecule has 1 heterocycles. The van der Waals surface area contributed by atoms with Gasteiger partial charge in [0.25, 0.3) is 5.56 Å². The van der Waals surface area contributed by atoms with E-state index in [4.69, 9.17) is 4.74 Å². The molecular weight excluding hydrogens is 368 g/mol. The maximum absolute atomic E-state index is 13.0. The Kier molecular flexibility index (Phi) is 6.05. The van der Waals surface area contributed by atoms with Crippen LogP contribution in [0.4, 0.5) is 11.4 Å². The average Bonchev–Trinajstić information content (AvgIpc) is 2.74. The highest BCUT2D eigenvalue weighted by Crippen LogP contribution is 2.28. The van der Waals surface area contributed by atoms with Crippen molar-refractivity contribution in [3.63, 3.8) is 0 Å². The summed E-state index contributed by atoms with van der Waals surface area (Å²) >= 11 is 0. The Morgan fingerprint density at radius 2 is 1.90 bits per heavy atom. The van der Waals surface area contributed by atoms with Gasteiger partial charge in [-0.3, -0.25) is 9.36 Å². The zero-order chi connectivity index (χ0) is 20.8. The number of nitrogens with zero attached hydrogens (tertiary/aromatic N) is 4. The van der Waals surface area contributed by atoms with Crippen molar-refractivity contribution in [1.29, 1.82) is 5.26 Å². The Labute approximate surface area is 168 Å².